The highest BCUT2D eigenvalue weighted by Gasteiger charge is 2.23. The summed E-state index contributed by atoms with van der Waals surface area (Å²) in [6.45, 7) is 1.95. The van der Waals surface area contributed by atoms with Crippen LogP contribution >= 0.6 is 11.3 Å². The van der Waals surface area contributed by atoms with Gasteiger partial charge in [0.25, 0.3) is 5.91 Å². The van der Waals surface area contributed by atoms with Crippen molar-refractivity contribution in [2.75, 3.05) is 5.32 Å². The van der Waals surface area contributed by atoms with Crippen LogP contribution < -0.4 is 5.32 Å². The van der Waals surface area contributed by atoms with Gasteiger partial charge < -0.3 is 5.32 Å². The molecule has 0 saturated heterocycles. The molecule has 0 bridgehead atoms. The van der Waals surface area contributed by atoms with Gasteiger partial charge in [0.1, 0.15) is 0 Å². The first-order chi connectivity index (χ1) is 8.24. The van der Waals surface area contributed by atoms with Crippen LogP contribution in [0.1, 0.15) is 16.3 Å². The van der Waals surface area contributed by atoms with Crippen molar-refractivity contribution < 1.29 is 4.79 Å². The number of amides is 1. The van der Waals surface area contributed by atoms with Gasteiger partial charge in [0, 0.05) is 16.6 Å². The minimum Gasteiger partial charge on any atom is -0.321 e. The molecule has 1 N–H and O–H groups in total. The molecule has 1 aromatic carbocycles. The minimum atomic E-state index is -0.0585. The maximum absolute atomic E-state index is 11.8. The van der Waals surface area contributed by atoms with Gasteiger partial charge in [0.2, 0.25) is 0 Å². The van der Waals surface area contributed by atoms with Gasteiger partial charge in [0.05, 0.1) is 16.3 Å². The molecule has 1 amide bonds. The number of fused-ring (bicyclic) bond motifs is 1. The molecule has 2 heterocycles. The minimum absolute atomic E-state index is 0.0585. The van der Waals surface area contributed by atoms with Gasteiger partial charge in [-0.2, -0.15) is 0 Å². The highest BCUT2D eigenvalue weighted by Crippen LogP contribution is 2.32. The van der Waals surface area contributed by atoms with Crippen molar-refractivity contribution in [2.24, 2.45) is 0 Å². The Balaban J connectivity index is 2.09. The quantitative estimate of drug-likeness (QED) is 0.781. The molecule has 1 aliphatic rings. The molecular formula is C13H10N2OS. The van der Waals surface area contributed by atoms with Crippen molar-refractivity contribution >= 4 is 34.6 Å². The lowest BCUT2D eigenvalue weighted by atomic mass is 10.1. The number of rotatable bonds is 1. The molecule has 3 nitrogen and oxygen atoms in total. The van der Waals surface area contributed by atoms with Crippen molar-refractivity contribution in [1.82, 2.24) is 4.98 Å². The topological polar surface area (TPSA) is 42.0 Å². The maximum atomic E-state index is 11.8. The fourth-order valence-electron chi connectivity index (χ4n) is 1.88. The van der Waals surface area contributed by atoms with Gasteiger partial charge in [0.15, 0.2) is 0 Å². The molecule has 17 heavy (non-hydrogen) atoms. The number of aromatic nitrogens is 1. The average Bonchev–Trinajstić information content (AvgIpc) is 2.85. The van der Waals surface area contributed by atoms with Crippen molar-refractivity contribution in [3.63, 3.8) is 0 Å². The van der Waals surface area contributed by atoms with Crippen molar-refractivity contribution in [3.05, 3.63) is 45.9 Å². The third-order valence-corrected chi connectivity index (χ3v) is 3.43. The summed E-state index contributed by atoms with van der Waals surface area (Å²) in [4.78, 5) is 16.2. The van der Waals surface area contributed by atoms with Crippen LogP contribution in [0.3, 0.4) is 0 Å². The summed E-state index contributed by atoms with van der Waals surface area (Å²) in [5, 5.41) is 5.80. The maximum Gasteiger partial charge on any atom is 0.256 e. The van der Waals surface area contributed by atoms with Crippen LogP contribution in [0, 0.1) is 6.92 Å². The predicted octanol–water partition coefficient (Wildman–Crippen LogP) is 2.94. The van der Waals surface area contributed by atoms with Crippen LogP contribution in [0.5, 0.6) is 0 Å². The van der Waals surface area contributed by atoms with E-state index in [2.05, 4.69) is 10.3 Å². The van der Waals surface area contributed by atoms with Crippen LogP contribution in [0.15, 0.2) is 29.6 Å². The van der Waals surface area contributed by atoms with E-state index in [1.807, 2.05) is 42.6 Å². The standard InChI is InChI=1S/C13H10N2OS/c1-8-14-9(7-17-8)6-11-10-4-2-3-5-12(10)15-13(11)16/h2-7H,1H3,(H,15,16)/b11-6+. The second kappa shape index (κ2) is 3.82. The van der Waals surface area contributed by atoms with E-state index >= 15 is 0 Å². The molecule has 0 fully saturated rings. The molecular weight excluding hydrogens is 232 g/mol. The summed E-state index contributed by atoms with van der Waals surface area (Å²) in [5.41, 5.74) is 3.35. The summed E-state index contributed by atoms with van der Waals surface area (Å²) >= 11 is 1.58. The number of nitrogens with one attached hydrogen (secondary N) is 1. The van der Waals surface area contributed by atoms with E-state index in [0.717, 1.165) is 22.0 Å². The van der Waals surface area contributed by atoms with E-state index < -0.39 is 0 Å². The summed E-state index contributed by atoms with van der Waals surface area (Å²) in [7, 11) is 0. The Hall–Kier alpha value is -1.94. The van der Waals surface area contributed by atoms with Gasteiger partial charge >= 0.3 is 0 Å². The summed E-state index contributed by atoms with van der Waals surface area (Å²) in [5.74, 6) is -0.0585. The lowest BCUT2D eigenvalue weighted by Crippen LogP contribution is -2.03. The summed E-state index contributed by atoms with van der Waals surface area (Å²) < 4.78 is 0. The molecule has 84 valence electrons. The number of anilines is 1. The Kier molecular flexibility index (Phi) is 2.30. The van der Waals surface area contributed by atoms with Crippen molar-refractivity contribution in [1.29, 1.82) is 0 Å². The smallest absolute Gasteiger partial charge is 0.256 e. The predicted molar refractivity (Wildman–Crippen MR) is 69.8 cm³/mol. The number of aryl methyl sites for hydroxylation is 1. The number of hydrogen-bond donors (Lipinski definition) is 1. The zero-order valence-corrected chi connectivity index (χ0v) is 10.0. The van der Waals surface area contributed by atoms with E-state index in [4.69, 9.17) is 0 Å². The first-order valence-corrected chi connectivity index (χ1v) is 6.16. The average molecular weight is 242 g/mol. The Bertz CT molecular complexity index is 628. The molecule has 0 radical (unpaired) electrons. The van der Waals surface area contributed by atoms with Crippen LogP contribution in [-0.2, 0) is 4.79 Å². The lowest BCUT2D eigenvalue weighted by Gasteiger charge is -1.95. The van der Waals surface area contributed by atoms with Gasteiger partial charge in [-0.15, -0.1) is 11.3 Å². The molecule has 0 saturated carbocycles. The fourth-order valence-corrected chi connectivity index (χ4v) is 2.45. The number of para-hydroxylation sites is 1. The number of nitrogens with zero attached hydrogens (tertiary/aromatic N) is 1. The third kappa shape index (κ3) is 1.76. The van der Waals surface area contributed by atoms with E-state index in [9.17, 15) is 4.79 Å². The molecule has 4 heteroatoms. The monoisotopic (exact) mass is 242 g/mol. The second-order valence-corrected chi connectivity index (χ2v) is 4.91. The molecule has 1 aromatic heterocycles. The molecule has 0 spiro atoms. The zero-order chi connectivity index (χ0) is 11.8. The number of thiazole rings is 1. The van der Waals surface area contributed by atoms with Crippen molar-refractivity contribution in [2.45, 2.75) is 6.92 Å². The van der Waals surface area contributed by atoms with Crippen LogP contribution in [0.4, 0.5) is 5.69 Å². The summed E-state index contributed by atoms with van der Waals surface area (Å²) in [6.07, 6.45) is 1.84. The molecule has 0 unspecified atom stereocenters. The highest BCUT2D eigenvalue weighted by atomic mass is 32.1. The Morgan fingerprint density at radius 1 is 1.35 bits per heavy atom. The van der Waals surface area contributed by atoms with E-state index in [1.54, 1.807) is 11.3 Å². The normalized spacial score (nSPS) is 16.1. The summed E-state index contributed by atoms with van der Waals surface area (Å²) in [6, 6.07) is 7.69. The molecule has 3 rings (SSSR count). The van der Waals surface area contributed by atoms with Gasteiger partial charge in [-0.05, 0) is 19.1 Å². The van der Waals surface area contributed by atoms with Crippen molar-refractivity contribution in [3.8, 4) is 0 Å². The molecule has 2 aromatic rings. The zero-order valence-electron chi connectivity index (χ0n) is 9.23. The number of benzene rings is 1. The lowest BCUT2D eigenvalue weighted by molar-refractivity contribution is -0.110. The Morgan fingerprint density at radius 2 is 2.18 bits per heavy atom. The number of hydrogen-bond acceptors (Lipinski definition) is 3. The largest absolute Gasteiger partial charge is 0.321 e. The highest BCUT2D eigenvalue weighted by molar-refractivity contribution is 7.09. The van der Waals surface area contributed by atoms with E-state index in [-0.39, 0.29) is 5.91 Å². The Morgan fingerprint density at radius 3 is 2.94 bits per heavy atom. The van der Waals surface area contributed by atoms with E-state index in [0.29, 0.717) is 5.57 Å². The van der Waals surface area contributed by atoms with E-state index in [1.165, 1.54) is 0 Å². The second-order valence-electron chi connectivity index (χ2n) is 3.85. The van der Waals surface area contributed by atoms with Crippen LogP contribution in [-0.4, -0.2) is 10.9 Å². The van der Waals surface area contributed by atoms with Gasteiger partial charge in [-0.1, -0.05) is 18.2 Å². The first-order valence-electron chi connectivity index (χ1n) is 5.28. The molecule has 1 aliphatic heterocycles. The third-order valence-electron chi connectivity index (χ3n) is 2.64. The molecule has 0 aliphatic carbocycles. The molecule has 0 atom stereocenters. The van der Waals surface area contributed by atoms with Crippen LogP contribution in [0.25, 0.3) is 11.6 Å². The number of carbonyl (C=O) groups excluding carboxylic acids is 1. The fraction of sp³-hybridized carbons (Fsp3) is 0.0769. The number of carbonyl (C=O) groups is 1. The SMILES string of the molecule is Cc1nc(/C=C2/C(=O)Nc3ccccc32)cs1. The Labute approximate surface area is 103 Å². The van der Waals surface area contributed by atoms with Gasteiger partial charge in [-0.25, -0.2) is 4.98 Å². The van der Waals surface area contributed by atoms with Crippen LogP contribution in [0.2, 0.25) is 0 Å². The van der Waals surface area contributed by atoms with Gasteiger partial charge in [-0.3, -0.25) is 4.79 Å². The first kappa shape index (κ1) is 10.2.